The van der Waals surface area contributed by atoms with E-state index in [9.17, 15) is 4.79 Å². The van der Waals surface area contributed by atoms with Crippen molar-refractivity contribution < 1.29 is 14.3 Å². The van der Waals surface area contributed by atoms with Crippen molar-refractivity contribution in [1.82, 2.24) is 4.98 Å². The molecule has 5 nitrogen and oxygen atoms in total. The third-order valence-electron chi connectivity index (χ3n) is 4.72. The Morgan fingerprint density at radius 3 is 2.92 bits per heavy atom. The van der Waals surface area contributed by atoms with Crippen LogP contribution in [0.2, 0.25) is 0 Å². The largest absolute Gasteiger partial charge is 0.494 e. The average Bonchev–Trinajstić information content (AvgIpc) is 3.20. The predicted octanol–water partition coefficient (Wildman–Crippen LogP) is 5.02. The van der Waals surface area contributed by atoms with Crippen LogP contribution >= 0.6 is 22.7 Å². The molecule has 1 atom stereocenters. The fourth-order valence-electron chi connectivity index (χ4n) is 3.40. The molecule has 0 spiro atoms. The molecule has 0 aliphatic heterocycles. The fourth-order valence-corrected chi connectivity index (χ4v) is 5.75. The number of hydrogen-bond donors (Lipinski definition) is 1. The van der Waals surface area contributed by atoms with Gasteiger partial charge in [0.2, 0.25) is 0 Å². The molecule has 7 heteroatoms. The Morgan fingerprint density at radius 2 is 2.15 bits per heavy atom. The normalized spacial score (nSPS) is 16.3. The summed E-state index contributed by atoms with van der Waals surface area (Å²) in [6, 6.07) is 5.87. The van der Waals surface area contributed by atoms with E-state index in [0.29, 0.717) is 11.5 Å². The van der Waals surface area contributed by atoms with Crippen LogP contribution in [0.4, 0.5) is 10.1 Å². The minimum Gasteiger partial charge on any atom is -0.494 e. The average molecular weight is 389 g/mol. The van der Waals surface area contributed by atoms with Gasteiger partial charge in [0.15, 0.2) is 5.13 Å². The lowest BCUT2D eigenvalue weighted by Gasteiger charge is -2.18. The molecule has 0 fully saturated rings. The highest BCUT2D eigenvalue weighted by Gasteiger charge is 2.28. The van der Waals surface area contributed by atoms with Gasteiger partial charge in [0.1, 0.15) is 16.3 Å². The summed E-state index contributed by atoms with van der Waals surface area (Å²) in [5.41, 5.74) is 2.64. The summed E-state index contributed by atoms with van der Waals surface area (Å²) in [6.45, 7) is 2.26. The van der Waals surface area contributed by atoms with Crippen LogP contribution in [0.5, 0.6) is 5.75 Å². The number of methoxy groups -OCH3 is 2. The van der Waals surface area contributed by atoms with Gasteiger partial charge in [-0.2, -0.15) is 0 Å². The number of fused-ring (bicyclic) bond motifs is 2. The standard InChI is InChI=1S/C19H20N2O3S2/c1-10-7-8-11-14(9-10)25-17(15(11)18(22)24-3)21-19-20-16-12(23-2)5-4-6-13(16)26-19/h4-6,10H,7-9H2,1-3H3,(H,20,21). The van der Waals surface area contributed by atoms with Crippen molar-refractivity contribution in [2.45, 2.75) is 26.2 Å². The third kappa shape index (κ3) is 2.95. The molecular weight excluding hydrogens is 368 g/mol. The van der Waals surface area contributed by atoms with Crippen molar-refractivity contribution in [3.63, 3.8) is 0 Å². The zero-order valence-corrected chi connectivity index (χ0v) is 16.6. The van der Waals surface area contributed by atoms with Crippen molar-refractivity contribution in [3.05, 3.63) is 34.2 Å². The highest BCUT2D eigenvalue weighted by molar-refractivity contribution is 7.23. The maximum atomic E-state index is 12.4. The molecule has 1 N–H and O–H groups in total. The quantitative estimate of drug-likeness (QED) is 0.636. The fraction of sp³-hybridized carbons (Fsp3) is 0.368. The molecule has 136 valence electrons. The summed E-state index contributed by atoms with van der Waals surface area (Å²) in [6.07, 6.45) is 3.04. The third-order valence-corrected chi connectivity index (χ3v) is 6.83. The van der Waals surface area contributed by atoms with Crippen LogP contribution in [0.1, 0.15) is 34.1 Å². The number of aromatic nitrogens is 1. The first-order valence-corrected chi connectivity index (χ1v) is 10.2. The van der Waals surface area contributed by atoms with E-state index < -0.39 is 0 Å². The molecule has 1 aliphatic rings. The Bertz CT molecular complexity index is 977. The summed E-state index contributed by atoms with van der Waals surface area (Å²) < 4.78 is 11.5. The molecule has 0 amide bonds. The lowest BCUT2D eigenvalue weighted by molar-refractivity contribution is 0.0601. The minimum atomic E-state index is -0.279. The number of benzene rings is 1. The molecule has 0 saturated heterocycles. The first-order chi connectivity index (χ1) is 12.6. The van der Waals surface area contributed by atoms with Gasteiger partial charge < -0.3 is 14.8 Å². The molecular formula is C19H20N2O3S2. The number of anilines is 2. The highest BCUT2D eigenvalue weighted by atomic mass is 32.1. The zero-order valence-electron chi connectivity index (χ0n) is 14.9. The molecule has 0 saturated carbocycles. The van der Waals surface area contributed by atoms with Gasteiger partial charge in [0.05, 0.1) is 24.5 Å². The molecule has 26 heavy (non-hydrogen) atoms. The van der Waals surface area contributed by atoms with Crippen LogP contribution in [-0.2, 0) is 17.6 Å². The van der Waals surface area contributed by atoms with Gasteiger partial charge in [-0.3, -0.25) is 0 Å². The predicted molar refractivity (Wildman–Crippen MR) is 106 cm³/mol. The Kier molecular flexibility index (Phi) is 4.58. The Labute approximate surface area is 160 Å². The van der Waals surface area contributed by atoms with E-state index in [4.69, 9.17) is 9.47 Å². The number of thiophene rings is 1. The van der Waals surface area contributed by atoms with Gasteiger partial charge in [-0.1, -0.05) is 24.3 Å². The van der Waals surface area contributed by atoms with E-state index >= 15 is 0 Å². The summed E-state index contributed by atoms with van der Waals surface area (Å²) in [5.74, 6) is 1.11. The lowest BCUT2D eigenvalue weighted by atomic mass is 9.88. The SMILES string of the molecule is COC(=O)c1c(Nc2nc3c(OC)cccc3s2)sc2c1CCC(C)C2. The highest BCUT2D eigenvalue weighted by Crippen LogP contribution is 2.42. The van der Waals surface area contributed by atoms with E-state index in [1.54, 1.807) is 29.8 Å². The molecule has 0 bridgehead atoms. The number of nitrogens with zero attached hydrogens (tertiary/aromatic N) is 1. The van der Waals surface area contributed by atoms with Crippen LogP contribution in [-0.4, -0.2) is 25.2 Å². The number of rotatable bonds is 4. The summed E-state index contributed by atoms with van der Waals surface area (Å²) in [5, 5.41) is 4.95. The second kappa shape index (κ2) is 6.89. The topological polar surface area (TPSA) is 60.5 Å². The number of carbonyl (C=O) groups excluding carboxylic acids is 1. The van der Waals surface area contributed by atoms with E-state index in [1.165, 1.54) is 12.0 Å². The van der Waals surface area contributed by atoms with Crippen molar-refractivity contribution in [2.24, 2.45) is 5.92 Å². The van der Waals surface area contributed by atoms with Gasteiger partial charge in [-0.05, 0) is 42.9 Å². The molecule has 2 aromatic heterocycles. The van der Waals surface area contributed by atoms with Gasteiger partial charge in [0, 0.05) is 4.88 Å². The van der Waals surface area contributed by atoms with Crippen LogP contribution in [0.3, 0.4) is 0 Å². The van der Waals surface area contributed by atoms with Gasteiger partial charge in [-0.15, -0.1) is 11.3 Å². The number of thiazole rings is 1. The smallest absolute Gasteiger partial charge is 0.341 e. The Hall–Kier alpha value is -2.12. The summed E-state index contributed by atoms with van der Waals surface area (Å²) in [4.78, 5) is 18.4. The van der Waals surface area contributed by atoms with Crippen molar-refractivity contribution >= 4 is 49.0 Å². The van der Waals surface area contributed by atoms with Crippen LogP contribution < -0.4 is 10.1 Å². The number of carbonyl (C=O) groups is 1. The van der Waals surface area contributed by atoms with Gasteiger partial charge >= 0.3 is 5.97 Å². The number of hydrogen-bond acceptors (Lipinski definition) is 7. The van der Waals surface area contributed by atoms with Crippen LogP contribution in [0.25, 0.3) is 10.2 Å². The number of para-hydroxylation sites is 1. The second-order valence-electron chi connectivity index (χ2n) is 6.50. The van der Waals surface area contributed by atoms with E-state index in [-0.39, 0.29) is 5.97 Å². The molecule has 1 aliphatic carbocycles. The van der Waals surface area contributed by atoms with Crippen molar-refractivity contribution in [2.75, 3.05) is 19.5 Å². The Morgan fingerprint density at radius 1 is 1.31 bits per heavy atom. The molecule has 0 radical (unpaired) electrons. The molecule has 1 unspecified atom stereocenters. The van der Waals surface area contributed by atoms with Crippen LogP contribution in [0.15, 0.2) is 18.2 Å². The van der Waals surface area contributed by atoms with E-state index in [0.717, 1.165) is 50.9 Å². The molecule has 4 rings (SSSR count). The second-order valence-corrected chi connectivity index (χ2v) is 8.63. The first kappa shape index (κ1) is 17.3. The maximum absolute atomic E-state index is 12.4. The maximum Gasteiger partial charge on any atom is 0.341 e. The minimum absolute atomic E-state index is 0.279. The Balaban J connectivity index is 1.75. The number of nitrogens with one attached hydrogen (secondary N) is 1. The van der Waals surface area contributed by atoms with Crippen molar-refractivity contribution in [1.29, 1.82) is 0 Å². The van der Waals surface area contributed by atoms with Gasteiger partial charge in [-0.25, -0.2) is 9.78 Å². The molecule has 3 aromatic rings. The molecule has 2 heterocycles. The monoisotopic (exact) mass is 388 g/mol. The summed E-state index contributed by atoms with van der Waals surface area (Å²) >= 11 is 3.20. The molecule has 1 aromatic carbocycles. The zero-order chi connectivity index (χ0) is 18.3. The van der Waals surface area contributed by atoms with Crippen LogP contribution in [0, 0.1) is 5.92 Å². The first-order valence-electron chi connectivity index (χ1n) is 8.54. The van der Waals surface area contributed by atoms with Crippen molar-refractivity contribution in [3.8, 4) is 5.75 Å². The lowest BCUT2D eigenvalue weighted by Crippen LogP contribution is -2.13. The van der Waals surface area contributed by atoms with Gasteiger partial charge in [0.25, 0.3) is 0 Å². The summed E-state index contributed by atoms with van der Waals surface area (Å²) in [7, 11) is 3.08. The van der Waals surface area contributed by atoms with E-state index in [1.807, 2.05) is 18.2 Å². The number of esters is 1. The van der Waals surface area contributed by atoms with E-state index in [2.05, 4.69) is 17.2 Å². The number of ether oxygens (including phenoxy) is 2.